The molecule has 40 heavy (non-hydrogen) atoms. The van der Waals surface area contributed by atoms with Crippen LogP contribution in [0.1, 0.15) is 44.2 Å². The van der Waals surface area contributed by atoms with E-state index in [1.807, 2.05) is 39.1 Å². The van der Waals surface area contributed by atoms with Crippen LogP contribution in [0.15, 0.2) is 60.1 Å². The lowest BCUT2D eigenvalue weighted by atomic mass is 10.0. The molecule has 3 heterocycles. The molecule has 1 amide bonds. The lowest BCUT2D eigenvalue weighted by molar-refractivity contribution is 0.0285. The second-order valence-corrected chi connectivity index (χ2v) is 12.1. The molecular formula is C31H37N5O3S. The predicted octanol–water partition coefficient (Wildman–Crippen LogP) is 6.73. The van der Waals surface area contributed by atoms with Gasteiger partial charge in [-0.15, -0.1) is 16.4 Å². The van der Waals surface area contributed by atoms with Crippen LogP contribution in [0.4, 0.5) is 16.3 Å². The molecular weight excluding hydrogens is 522 g/mol. The Hall–Kier alpha value is -3.69. The first kappa shape index (κ1) is 27.9. The Labute approximate surface area is 239 Å². The van der Waals surface area contributed by atoms with Crippen LogP contribution in [0.2, 0.25) is 0 Å². The molecule has 8 nitrogen and oxygen atoms in total. The summed E-state index contributed by atoms with van der Waals surface area (Å²) in [5.41, 5.74) is 3.94. The summed E-state index contributed by atoms with van der Waals surface area (Å²) >= 11 is 1.71. The van der Waals surface area contributed by atoms with E-state index in [2.05, 4.69) is 69.1 Å². The van der Waals surface area contributed by atoms with Crippen molar-refractivity contribution in [1.82, 2.24) is 15.1 Å². The molecule has 2 aromatic carbocycles. The van der Waals surface area contributed by atoms with Crippen molar-refractivity contribution in [3.05, 3.63) is 70.5 Å². The summed E-state index contributed by atoms with van der Waals surface area (Å²) in [5, 5.41) is 16.6. The smallest absolute Gasteiger partial charge is 0.410 e. The Morgan fingerprint density at radius 3 is 2.73 bits per heavy atom. The minimum Gasteiger partial charge on any atom is -0.444 e. The molecule has 1 atom stereocenters. The molecule has 0 radical (unpaired) electrons. The third-order valence-electron chi connectivity index (χ3n) is 6.86. The van der Waals surface area contributed by atoms with Crippen molar-refractivity contribution in [2.24, 2.45) is 0 Å². The first-order valence-corrected chi connectivity index (χ1v) is 14.5. The van der Waals surface area contributed by atoms with Crippen LogP contribution in [0.5, 0.6) is 0 Å². The second kappa shape index (κ2) is 11.8. The van der Waals surface area contributed by atoms with Crippen molar-refractivity contribution in [2.45, 2.75) is 45.9 Å². The van der Waals surface area contributed by atoms with E-state index in [4.69, 9.17) is 9.47 Å². The molecule has 1 fully saturated rings. The first-order valence-electron chi connectivity index (χ1n) is 13.6. The van der Waals surface area contributed by atoms with E-state index in [9.17, 15) is 4.79 Å². The summed E-state index contributed by atoms with van der Waals surface area (Å²) in [6.45, 7) is 11.5. The number of hydrogen-bond donors (Lipinski definition) is 1. The van der Waals surface area contributed by atoms with Crippen molar-refractivity contribution in [2.75, 3.05) is 43.6 Å². The monoisotopic (exact) mass is 559 g/mol. The largest absolute Gasteiger partial charge is 0.444 e. The van der Waals surface area contributed by atoms with Gasteiger partial charge in [-0.3, -0.25) is 0 Å². The Morgan fingerprint density at radius 2 is 1.95 bits per heavy atom. The molecule has 1 saturated heterocycles. The van der Waals surface area contributed by atoms with Gasteiger partial charge in [-0.25, -0.2) is 4.79 Å². The number of carbonyl (C=O) groups is 1. The number of rotatable bonds is 7. The van der Waals surface area contributed by atoms with Crippen molar-refractivity contribution in [3.63, 3.8) is 0 Å². The molecule has 4 aromatic rings. The van der Waals surface area contributed by atoms with Gasteiger partial charge in [0, 0.05) is 48.0 Å². The zero-order chi connectivity index (χ0) is 28.3. The van der Waals surface area contributed by atoms with Gasteiger partial charge in [0.1, 0.15) is 5.60 Å². The SMILES string of the molecule is C[C@@H](Nc1nncc2ccc(N3CCOCC3)cc12)c1cc(-c2ccccc2CN(C)C(=O)OC(C)(C)C)cs1. The third kappa shape index (κ3) is 6.54. The van der Waals surface area contributed by atoms with Crippen LogP contribution < -0.4 is 10.2 Å². The highest BCUT2D eigenvalue weighted by Gasteiger charge is 2.21. The fourth-order valence-electron chi connectivity index (χ4n) is 4.79. The summed E-state index contributed by atoms with van der Waals surface area (Å²) in [4.78, 5) is 17.7. The van der Waals surface area contributed by atoms with E-state index < -0.39 is 5.60 Å². The maximum Gasteiger partial charge on any atom is 0.410 e. The minimum atomic E-state index is -0.533. The fraction of sp³-hybridized carbons (Fsp3) is 0.387. The van der Waals surface area contributed by atoms with Gasteiger partial charge in [-0.05, 0) is 68.0 Å². The predicted molar refractivity (Wildman–Crippen MR) is 162 cm³/mol. The number of nitrogens with one attached hydrogen (secondary N) is 1. The van der Waals surface area contributed by atoms with Gasteiger partial charge < -0.3 is 24.6 Å². The molecule has 1 aliphatic heterocycles. The number of ether oxygens (including phenoxy) is 2. The molecule has 210 valence electrons. The number of benzene rings is 2. The summed E-state index contributed by atoms with van der Waals surface area (Å²) in [6, 6.07) is 16.9. The highest BCUT2D eigenvalue weighted by molar-refractivity contribution is 7.10. The van der Waals surface area contributed by atoms with Crippen LogP contribution in [-0.4, -0.2) is 60.1 Å². The first-order chi connectivity index (χ1) is 19.2. The molecule has 0 bridgehead atoms. The van der Waals surface area contributed by atoms with E-state index >= 15 is 0 Å². The summed E-state index contributed by atoms with van der Waals surface area (Å²) in [5.74, 6) is 0.773. The minimum absolute atomic E-state index is 0.0299. The van der Waals surface area contributed by atoms with Crippen LogP contribution in [0.25, 0.3) is 21.9 Å². The standard InChI is InChI=1S/C31H37N5O3S/c1-21(33-29-27-17-25(36-12-14-38-15-13-36)11-10-22(27)18-32-34-29)28-16-24(20-40-28)26-9-7-6-8-23(26)19-35(5)30(37)39-31(2,3)4/h6-11,16-18,20-21H,12-15,19H2,1-5H3,(H,33,34)/t21-/m1/s1. The zero-order valence-electron chi connectivity index (χ0n) is 23.8. The third-order valence-corrected chi connectivity index (χ3v) is 7.98. The number of aromatic nitrogens is 2. The molecule has 0 spiro atoms. The number of fused-ring (bicyclic) bond motifs is 1. The summed E-state index contributed by atoms with van der Waals surface area (Å²) in [6.07, 6.45) is 1.47. The van der Waals surface area contributed by atoms with Crippen molar-refractivity contribution < 1.29 is 14.3 Å². The molecule has 0 aliphatic carbocycles. The average molecular weight is 560 g/mol. The zero-order valence-corrected chi connectivity index (χ0v) is 24.6. The quantitative estimate of drug-likeness (QED) is 0.269. The van der Waals surface area contributed by atoms with E-state index in [-0.39, 0.29) is 12.1 Å². The number of thiophene rings is 1. The van der Waals surface area contributed by atoms with Gasteiger partial charge in [0.2, 0.25) is 0 Å². The highest BCUT2D eigenvalue weighted by Crippen LogP contribution is 2.34. The topological polar surface area (TPSA) is 79.8 Å². The second-order valence-electron chi connectivity index (χ2n) is 11.2. The Kier molecular flexibility index (Phi) is 8.23. The van der Waals surface area contributed by atoms with Crippen molar-refractivity contribution in [1.29, 1.82) is 0 Å². The van der Waals surface area contributed by atoms with Gasteiger partial charge in [-0.2, -0.15) is 5.10 Å². The number of hydrogen-bond acceptors (Lipinski definition) is 8. The number of nitrogens with zero attached hydrogens (tertiary/aromatic N) is 4. The summed E-state index contributed by atoms with van der Waals surface area (Å²) < 4.78 is 11.1. The van der Waals surface area contributed by atoms with Crippen molar-refractivity contribution >= 4 is 39.7 Å². The van der Waals surface area contributed by atoms with Crippen molar-refractivity contribution in [3.8, 4) is 11.1 Å². The maximum absolute atomic E-state index is 12.6. The Morgan fingerprint density at radius 1 is 1.18 bits per heavy atom. The molecule has 5 rings (SSSR count). The van der Waals surface area contributed by atoms with Crippen LogP contribution in [0, 0.1) is 0 Å². The lowest BCUT2D eigenvalue weighted by Gasteiger charge is -2.29. The Bertz CT molecular complexity index is 1480. The van der Waals surface area contributed by atoms with E-state index in [1.165, 1.54) is 10.6 Å². The summed E-state index contributed by atoms with van der Waals surface area (Å²) in [7, 11) is 1.77. The van der Waals surface area contributed by atoms with E-state index in [0.29, 0.717) is 6.54 Å². The van der Waals surface area contributed by atoms with E-state index in [0.717, 1.165) is 59.6 Å². The molecule has 0 unspecified atom stereocenters. The number of anilines is 2. The number of carbonyl (C=O) groups excluding carboxylic acids is 1. The van der Waals surface area contributed by atoms with Crippen LogP contribution in [-0.2, 0) is 16.0 Å². The lowest BCUT2D eigenvalue weighted by Crippen LogP contribution is -2.36. The maximum atomic E-state index is 12.6. The molecule has 1 N–H and O–H groups in total. The van der Waals surface area contributed by atoms with Gasteiger partial charge in [0.05, 0.1) is 25.5 Å². The molecule has 2 aromatic heterocycles. The number of morpholine rings is 1. The van der Waals surface area contributed by atoms with Gasteiger partial charge in [-0.1, -0.05) is 30.3 Å². The van der Waals surface area contributed by atoms with Crippen LogP contribution in [0.3, 0.4) is 0 Å². The molecule has 9 heteroatoms. The fourth-order valence-corrected chi connectivity index (χ4v) is 5.70. The number of amides is 1. The van der Waals surface area contributed by atoms with Gasteiger partial charge in [0.15, 0.2) is 5.82 Å². The van der Waals surface area contributed by atoms with Crippen LogP contribution >= 0.6 is 11.3 Å². The van der Waals surface area contributed by atoms with Gasteiger partial charge in [0.25, 0.3) is 0 Å². The van der Waals surface area contributed by atoms with Gasteiger partial charge >= 0.3 is 6.09 Å². The average Bonchev–Trinajstić information content (AvgIpc) is 3.43. The molecule has 1 aliphatic rings. The van der Waals surface area contributed by atoms with E-state index in [1.54, 1.807) is 23.3 Å². The highest BCUT2D eigenvalue weighted by atomic mass is 32.1. The Balaban J connectivity index is 1.34. The normalized spacial score (nSPS) is 14.7. The molecule has 0 saturated carbocycles.